The van der Waals surface area contributed by atoms with E-state index in [1.165, 1.54) is 0 Å². The molecule has 3 heterocycles. The number of hydrogen-bond donors (Lipinski definition) is 2. The van der Waals surface area contributed by atoms with Gasteiger partial charge >= 0.3 is 0 Å². The fourth-order valence-electron chi connectivity index (χ4n) is 3.38. The van der Waals surface area contributed by atoms with Crippen molar-refractivity contribution in [1.82, 2.24) is 24.8 Å². The first-order valence-corrected chi connectivity index (χ1v) is 8.82. The highest BCUT2D eigenvalue weighted by atomic mass is 16.2. The molecule has 2 N–H and O–H groups in total. The van der Waals surface area contributed by atoms with Crippen LogP contribution in [-0.2, 0) is 11.2 Å². The summed E-state index contributed by atoms with van der Waals surface area (Å²) >= 11 is 0. The molecule has 0 atom stereocenters. The lowest BCUT2D eigenvalue weighted by atomic mass is 10.1. The molecule has 1 aromatic carbocycles. The molecule has 2 aromatic heterocycles. The van der Waals surface area contributed by atoms with Gasteiger partial charge in [0.1, 0.15) is 0 Å². The molecule has 7 heteroatoms. The highest BCUT2D eigenvalue weighted by Gasteiger charge is 2.23. The van der Waals surface area contributed by atoms with Crippen LogP contribution in [0.5, 0.6) is 0 Å². The van der Waals surface area contributed by atoms with Crippen LogP contribution < -0.4 is 0 Å². The van der Waals surface area contributed by atoms with Crippen LogP contribution in [0, 0.1) is 0 Å². The van der Waals surface area contributed by atoms with Crippen molar-refractivity contribution < 1.29 is 9.59 Å². The van der Waals surface area contributed by atoms with Crippen LogP contribution in [0.3, 0.4) is 0 Å². The van der Waals surface area contributed by atoms with Crippen molar-refractivity contribution in [3.8, 4) is 0 Å². The summed E-state index contributed by atoms with van der Waals surface area (Å²) in [6.07, 6.45) is 6.48. The zero-order chi connectivity index (χ0) is 17.9. The summed E-state index contributed by atoms with van der Waals surface area (Å²) in [5.74, 6) is 0.110. The maximum Gasteiger partial charge on any atom is 0.253 e. The van der Waals surface area contributed by atoms with E-state index >= 15 is 0 Å². The standard InChI is InChI=1S/C19H21N5O2/c25-18(10-14-4-5-20-12-14)23-6-1-7-24(9-8-23)19(26)15-2-3-16-17(11-15)22-13-21-16/h2-5,11-13,20H,1,6-10H2,(H,21,22). The summed E-state index contributed by atoms with van der Waals surface area (Å²) < 4.78 is 0. The molecule has 1 aliphatic heterocycles. The van der Waals surface area contributed by atoms with Crippen LogP contribution in [0.15, 0.2) is 43.0 Å². The van der Waals surface area contributed by atoms with Gasteiger partial charge in [0.25, 0.3) is 5.91 Å². The van der Waals surface area contributed by atoms with E-state index in [4.69, 9.17) is 0 Å². The van der Waals surface area contributed by atoms with Gasteiger partial charge in [-0.15, -0.1) is 0 Å². The summed E-state index contributed by atoms with van der Waals surface area (Å²) in [6, 6.07) is 7.41. The van der Waals surface area contributed by atoms with Crippen LogP contribution in [0.25, 0.3) is 11.0 Å². The number of aromatic nitrogens is 3. The van der Waals surface area contributed by atoms with Gasteiger partial charge in [-0.2, -0.15) is 0 Å². The Labute approximate surface area is 151 Å². The van der Waals surface area contributed by atoms with Crippen molar-refractivity contribution in [2.45, 2.75) is 12.8 Å². The lowest BCUT2D eigenvalue weighted by molar-refractivity contribution is -0.130. The molecule has 1 saturated heterocycles. The Balaban J connectivity index is 1.41. The number of amides is 2. The predicted octanol–water partition coefficient (Wildman–Crippen LogP) is 1.81. The third kappa shape index (κ3) is 3.33. The topological polar surface area (TPSA) is 85.1 Å². The number of hydrogen-bond acceptors (Lipinski definition) is 3. The van der Waals surface area contributed by atoms with E-state index in [0.717, 1.165) is 23.0 Å². The summed E-state index contributed by atoms with van der Waals surface area (Å²) in [5, 5.41) is 0. The minimum absolute atomic E-state index is 0.00133. The molecule has 7 nitrogen and oxygen atoms in total. The molecule has 0 bridgehead atoms. The zero-order valence-corrected chi connectivity index (χ0v) is 14.4. The molecule has 26 heavy (non-hydrogen) atoms. The van der Waals surface area contributed by atoms with E-state index < -0.39 is 0 Å². The molecule has 0 saturated carbocycles. The van der Waals surface area contributed by atoms with Gasteiger partial charge in [0, 0.05) is 44.1 Å². The Bertz CT molecular complexity index is 915. The van der Waals surface area contributed by atoms with Gasteiger partial charge in [-0.3, -0.25) is 9.59 Å². The molecule has 134 valence electrons. The van der Waals surface area contributed by atoms with Crippen molar-refractivity contribution in [1.29, 1.82) is 0 Å². The van der Waals surface area contributed by atoms with E-state index in [9.17, 15) is 9.59 Å². The lowest BCUT2D eigenvalue weighted by Gasteiger charge is -2.22. The van der Waals surface area contributed by atoms with Crippen molar-refractivity contribution in [2.75, 3.05) is 26.2 Å². The van der Waals surface area contributed by atoms with Crippen LogP contribution in [0.1, 0.15) is 22.3 Å². The highest BCUT2D eigenvalue weighted by Crippen LogP contribution is 2.15. The zero-order valence-electron chi connectivity index (χ0n) is 14.4. The molecule has 1 fully saturated rings. The predicted molar refractivity (Wildman–Crippen MR) is 97.7 cm³/mol. The third-order valence-electron chi connectivity index (χ3n) is 4.82. The second-order valence-corrected chi connectivity index (χ2v) is 6.56. The molecule has 1 aliphatic rings. The number of fused-ring (bicyclic) bond motifs is 1. The van der Waals surface area contributed by atoms with Gasteiger partial charge in [-0.05, 0) is 36.2 Å². The number of benzene rings is 1. The van der Waals surface area contributed by atoms with Crippen LogP contribution in [-0.4, -0.2) is 62.7 Å². The first-order valence-electron chi connectivity index (χ1n) is 8.82. The number of aromatic amines is 2. The van der Waals surface area contributed by atoms with Gasteiger partial charge in [-0.1, -0.05) is 0 Å². The summed E-state index contributed by atoms with van der Waals surface area (Å²) in [5.41, 5.74) is 3.34. The average Bonchev–Trinajstić information content (AvgIpc) is 3.27. The maximum atomic E-state index is 12.8. The smallest absolute Gasteiger partial charge is 0.253 e. The van der Waals surface area contributed by atoms with E-state index in [1.807, 2.05) is 46.5 Å². The van der Waals surface area contributed by atoms with E-state index in [0.29, 0.717) is 38.2 Å². The second-order valence-electron chi connectivity index (χ2n) is 6.56. The van der Waals surface area contributed by atoms with Gasteiger partial charge < -0.3 is 19.8 Å². The number of nitrogens with one attached hydrogen (secondary N) is 2. The van der Waals surface area contributed by atoms with Crippen molar-refractivity contribution in [3.63, 3.8) is 0 Å². The third-order valence-corrected chi connectivity index (χ3v) is 4.82. The summed E-state index contributed by atoms with van der Waals surface area (Å²) in [7, 11) is 0. The Morgan fingerprint density at radius 2 is 1.92 bits per heavy atom. The number of imidazole rings is 1. The quantitative estimate of drug-likeness (QED) is 0.755. The Morgan fingerprint density at radius 3 is 2.77 bits per heavy atom. The average molecular weight is 351 g/mol. The first kappa shape index (κ1) is 16.4. The SMILES string of the molecule is O=C(Cc1cc[nH]c1)N1CCCN(C(=O)c2ccc3nc[nH]c3c2)CC1. The molecule has 3 aromatic rings. The number of H-pyrrole nitrogens is 2. The van der Waals surface area contributed by atoms with E-state index in [2.05, 4.69) is 15.0 Å². The van der Waals surface area contributed by atoms with Gasteiger partial charge in [-0.25, -0.2) is 4.98 Å². The molecular formula is C19H21N5O2. The number of rotatable bonds is 3. The highest BCUT2D eigenvalue weighted by molar-refractivity contribution is 5.97. The minimum Gasteiger partial charge on any atom is -0.367 e. The van der Waals surface area contributed by atoms with Gasteiger partial charge in [0.05, 0.1) is 23.8 Å². The van der Waals surface area contributed by atoms with Crippen molar-refractivity contribution in [2.24, 2.45) is 0 Å². The Morgan fingerprint density at radius 1 is 1.08 bits per heavy atom. The summed E-state index contributed by atoms with van der Waals surface area (Å²) in [4.78, 5) is 39.2. The Hall–Kier alpha value is -3.09. The molecule has 0 unspecified atom stereocenters. The molecule has 4 rings (SSSR count). The lowest BCUT2D eigenvalue weighted by Crippen LogP contribution is -2.37. The number of nitrogens with zero attached hydrogens (tertiary/aromatic N) is 3. The monoisotopic (exact) mass is 351 g/mol. The van der Waals surface area contributed by atoms with Gasteiger partial charge in [0.2, 0.25) is 5.91 Å². The molecule has 0 spiro atoms. The molecular weight excluding hydrogens is 330 g/mol. The number of carbonyl (C=O) groups is 2. The number of carbonyl (C=O) groups excluding carboxylic acids is 2. The molecule has 2 amide bonds. The van der Waals surface area contributed by atoms with Crippen LogP contribution >= 0.6 is 0 Å². The Kier molecular flexibility index (Phi) is 4.43. The maximum absolute atomic E-state index is 12.8. The first-order chi connectivity index (χ1) is 12.7. The fraction of sp³-hybridized carbons (Fsp3) is 0.316. The molecule has 0 aliphatic carbocycles. The molecule has 0 radical (unpaired) electrons. The van der Waals surface area contributed by atoms with Gasteiger partial charge in [0.15, 0.2) is 0 Å². The normalized spacial score (nSPS) is 15.2. The van der Waals surface area contributed by atoms with Crippen LogP contribution in [0.2, 0.25) is 0 Å². The second kappa shape index (κ2) is 7.03. The van der Waals surface area contributed by atoms with Crippen molar-refractivity contribution in [3.05, 3.63) is 54.1 Å². The summed E-state index contributed by atoms with van der Waals surface area (Å²) in [6.45, 7) is 2.47. The minimum atomic E-state index is 0.00133. The van der Waals surface area contributed by atoms with E-state index in [-0.39, 0.29) is 11.8 Å². The van der Waals surface area contributed by atoms with Crippen LogP contribution in [0.4, 0.5) is 0 Å². The van der Waals surface area contributed by atoms with Crippen molar-refractivity contribution >= 4 is 22.8 Å². The largest absolute Gasteiger partial charge is 0.367 e. The fourth-order valence-corrected chi connectivity index (χ4v) is 3.38. The van der Waals surface area contributed by atoms with E-state index in [1.54, 1.807) is 6.33 Å².